The Kier molecular flexibility index (Phi) is 5.39. The summed E-state index contributed by atoms with van der Waals surface area (Å²) in [7, 11) is 0. The molecule has 0 saturated carbocycles. The number of thioether (sulfide) groups is 1. The standard InChI is InChI=1S/C17H19F2N3O2S/c1-25-7-5-15(23)17(24)22-6-4-13-14(9-22)21-16(20-13)11-3-2-10(18)8-12(11)19/h2-3,8,15,23H,4-7,9H2,1H3,(H,20,21)/t15-/m0/s1. The van der Waals surface area contributed by atoms with E-state index in [4.69, 9.17) is 0 Å². The number of hydrogen-bond donors (Lipinski definition) is 2. The van der Waals surface area contributed by atoms with Gasteiger partial charge in [-0.2, -0.15) is 11.8 Å². The number of benzene rings is 1. The minimum absolute atomic E-state index is 0.189. The Balaban J connectivity index is 1.76. The molecule has 2 N–H and O–H groups in total. The van der Waals surface area contributed by atoms with Crippen molar-refractivity contribution in [2.24, 2.45) is 0 Å². The van der Waals surface area contributed by atoms with Crippen LogP contribution in [0.5, 0.6) is 0 Å². The van der Waals surface area contributed by atoms with Gasteiger partial charge in [-0.05, 0) is 30.6 Å². The van der Waals surface area contributed by atoms with Crippen LogP contribution in [0.2, 0.25) is 0 Å². The molecule has 25 heavy (non-hydrogen) atoms. The van der Waals surface area contributed by atoms with Gasteiger partial charge in [0.2, 0.25) is 0 Å². The number of imidazole rings is 1. The quantitative estimate of drug-likeness (QED) is 0.851. The van der Waals surface area contributed by atoms with Crippen LogP contribution in [0.3, 0.4) is 0 Å². The first-order valence-electron chi connectivity index (χ1n) is 7.98. The van der Waals surface area contributed by atoms with Crippen LogP contribution in [0, 0.1) is 11.6 Å². The Bertz CT molecular complexity index is 781. The largest absolute Gasteiger partial charge is 0.383 e. The third-order valence-electron chi connectivity index (χ3n) is 4.21. The normalized spacial score (nSPS) is 15.1. The van der Waals surface area contributed by atoms with E-state index in [-0.39, 0.29) is 11.5 Å². The summed E-state index contributed by atoms with van der Waals surface area (Å²) in [5, 5.41) is 9.98. The van der Waals surface area contributed by atoms with Gasteiger partial charge in [-0.1, -0.05) is 0 Å². The summed E-state index contributed by atoms with van der Waals surface area (Å²) < 4.78 is 27.0. The molecule has 0 saturated heterocycles. The van der Waals surface area contributed by atoms with Crippen LogP contribution in [0.25, 0.3) is 11.4 Å². The number of rotatable bonds is 5. The number of aromatic amines is 1. The zero-order valence-corrected chi connectivity index (χ0v) is 14.6. The number of carbonyl (C=O) groups excluding carboxylic acids is 1. The Hall–Kier alpha value is -1.93. The number of fused-ring (bicyclic) bond motifs is 1. The maximum absolute atomic E-state index is 13.9. The van der Waals surface area contributed by atoms with Gasteiger partial charge in [-0.3, -0.25) is 4.79 Å². The fourth-order valence-corrected chi connectivity index (χ4v) is 3.31. The van der Waals surface area contributed by atoms with Crippen LogP contribution < -0.4 is 0 Å². The van der Waals surface area contributed by atoms with E-state index in [2.05, 4.69) is 9.97 Å². The molecule has 1 aromatic heterocycles. The lowest BCUT2D eigenvalue weighted by Gasteiger charge is -2.28. The topological polar surface area (TPSA) is 69.2 Å². The molecule has 1 aliphatic heterocycles. The Labute approximate surface area is 148 Å². The number of hydrogen-bond acceptors (Lipinski definition) is 4. The molecule has 0 spiro atoms. The molecule has 5 nitrogen and oxygen atoms in total. The molecule has 1 atom stereocenters. The second-order valence-corrected chi connectivity index (χ2v) is 6.93. The molecule has 8 heteroatoms. The number of aromatic nitrogens is 2. The molecule has 1 aromatic carbocycles. The summed E-state index contributed by atoms with van der Waals surface area (Å²) in [4.78, 5) is 21.3. The van der Waals surface area contributed by atoms with Crippen molar-refractivity contribution >= 4 is 17.7 Å². The monoisotopic (exact) mass is 367 g/mol. The van der Waals surface area contributed by atoms with Gasteiger partial charge in [-0.15, -0.1) is 0 Å². The number of aliphatic hydroxyl groups is 1. The Morgan fingerprint density at radius 1 is 1.48 bits per heavy atom. The molecular weight excluding hydrogens is 348 g/mol. The molecule has 1 aliphatic rings. The summed E-state index contributed by atoms with van der Waals surface area (Å²) >= 11 is 1.58. The summed E-state index contributed by atoms with van der Waals surface area (Å²) in [6.45, 7) is 0.749. The molecule has 2 heterocycles. The summed E-state index contributed by atoms with van der Waals surface area (Å²) in [5.74, 6) is -0.604. The molecular formula is C17H19F2N3O2S. The van der Waals surface area contributed by atoms with Crippen molar-refractivity contribution in [3.63, 3.8) is 0 Å². The van der Waals surface area contributed by atoms with Gasteiger partial charge in [0.25, 0.3) is 5.91 Å². The van der Waals surface area contributed by atoms with Crippen molar-refractivity contribution in [1.82, 2.24) is 14.9 Å². The van der Waals surface area contributed by atoms with Crippen molar-refractivity contribution in [3.8, 4) is 11.4 Å². The fraction of sp³-hybridized carbons (Fsp3) is 0.412. The molecule has 3 rings (SSSR count). The summed E-state index contributed by atoms with van der Waals surface area (Å²) in [5.41, 5.74) is 1.67. The van der Waals surface area contributed by atoms with Gasteiger partial charge in [0.05, 0.1) is 23.5 Å². The van der Waals surface area contributed by atoms with Gasteiger partial charge in [0.1, 0.15) is 23.6 Å². The number of nitrogens with one attached hydrogen (secondary N) is 1. The second-order valence-electron chi connectivity index (χ2n) is 5.94. The molecule has 0 unspecified atom stereocenters. The van der Waals surface area contributed by atoms with Gasteiger partial charge in [0, 0.05) is 19.0 Å². The SMILES string of the molecule is CSCC[C@H](O)C(=O)N1CCc2nc(-c3ccc(F)cc3F)[nH]c2C1. The van der Waals surface area contributed by atoms with E-state index < -0.39 is 17.7 Å². The van der Waals surface area contributed by atoms with Crippen LogP contribution in [0.4, 0.5) is 8.78 Å². The van der Waals surface area contributed by atoms with E-state index in [1.54, 1.807) is 16.7 Å². The lowest BCUT2D eigenvalue weighted by Crippen LogP contribution is -2.42. The number of amides is 1. The first-order chi connectivity index (χ1) is 12.0. The number of H-pyrrole nitrogens is 1. The highest BCUT2D eigenvalue weighted by molar-refractivity contribution is 7.98. The smallest absolute Gasteiger partial charge is 0.251 e. The van der Waals surface area contributed by atoms with Crippen molar-refractivity contribution in [2.75, 3.05) is 18.6 Å². The van der Waals surface area contributed by atoms with Crippen molar-refractivity contribution in [2.45, 2.75) is 25.5 Å². The average Bonchev–Trinajstić information content (AvgIpc) is 3.01. The molecule has 0 bridgehead atoms. The van der Waals surface area contributed by atoms with E-state index in [1.807, 2.05) is 6.26 Å². The van der Waals surface area contributed by atoms with Crippen molar-refractivity contribution in [1.29, 1.82) is 0 Å². The minimum atomic E-state index is -1.01. The average molecular weight is 367 g/mol. The zero-order chi connectivity index (χ0) is 18.0. The van der Waals surface area contributed by atoms with Crippen LogP contribution in [-0.4, -0.2) is 50.5 Å². The van der Waals surface area contributed by atoms with E-state index >= 15 is 0 Å². The summed E-state index contributed by atoms with van der Waals surface area (Å²) in [6, 6.07) is 3.33. The maximum atomic E-state index is 13.9. The lowest BCUT2D eigenvalue weighted by molar-refractivity contribution is -0.141. The molecule has 1 amide bonds. The number of nitrogens with zero attached hydrogens (tertiary/aromatic N) is 2. The van der Waals surface area contributed by atoms with Crippen LogP contribution in [0.15, 0.2) is 18.2 Å². The summed E-state index contributed by atoms with van der Waals surface area (Å²) in [6.07, 6.45) is 1.85. The predicted octanol–water partition coefficient (Wildman–Crippen LogP) is 2.35. The van der Waals surface area contributed by atoms with Crippen LogP contribution in [-0.2, 0) is 17.8 Å². The van der Waals surface area contributed by atoms with Crippen LogP contribution in [0.1, 0.15) is 17.8 Å². The molecule has 0 aliphatic carbocycles. The van der Waals surface area contributed by atoms with Gasteiger partial charge < -0.3 is 15.0 Å². The van der Waals surface area contributed by atoms with E-state index in [1.165, 1.54) is 12.1 Å². The first kappa shape index (κ1) is 17.9. The first-order valence-corrected chi connectivity index (χ1v) is 9.38. The zero-order valence-electron chi connectivity index (χ0n) is 13.8. The predicted molar refractivity (Wildman–Crippen MR) is 92.1 cm³/mol. The van der Waals surface area contributed by atoms with Gasteiger partial charge >= 0.3 is 0 Å². The highest BCUT2D eigenvalue weighted by Gasteiger charge is 2.28. The highest BCUT2D eigenvalue weighted by Crippen LogP contribution is 2.25. The number of halogens is 2. The minimum Gasteiger partial charge on any atom is -0.383 e. The Morgan fingerprint density at radius 2 is 2.28 bits per heavy atom. The molecule has 0 radical (unpaired) electrons. The van der Waals surface area contributed by atoms with E-state index in [9.17, 15) is 18.7 Å². The van der Waals surface area contributed by atoms with Crippen molar-refractivity contribution < 1.29 is 18.7 Å². The number of aliphatic hydroxyl groups excluding tert-OH is 1. The fourth-order valence-electron chi connectivity index (χ4n) is 2.85. The highest BCUT2D eigenvalue weighted by atomic mass is 32.2. The molecule has 2 aromatic rings. The Morgan fingerprint density at radius 3 is 3.00 bits per heavy atom. The lowest BCUT2D eigenvalue weighted by atomic mass is 10.1. The molecule has 134 valence electrons. The third-order valence-corrected chi connectivity index (χ3v) is 4.85. The van der Waals surface area contributed by atoms with Gasteiger partial charge in [-0.25, -0.2) is 13.8 Å². The maximum Gasteiger partial charge on any atom is 0.251 e. The van der Waals surface area contributed by atoms with Crippen molar-refractivity contribution in [3.05, 3.63) is 41.2 Å². The van der Waals surface area contributed by atoms with E-state index in [0.717, 1.165) is 17.5 Å². The van der Waals surface area contributed by atoms with Gasteiger partial charge in [0.15, 0.2) is 0 Å². The third kappa shape index (κ3) is 3.85. The number of carbonyl (C=O) groups is 1. The second kappa shape index (κ2) is 7.53. The van der Waals surface area contributed by atoms with E-state index in [0.29, 0.717) is 37.5 Å². The van der Waals surface area contributed by atoms with Crippen LogP contribution >= 0.6 is 11.8 Å². The molecule has 0 fully saturated rings.